The van der Waals surface area contributed by atoms with Crippen LogP contribution in [0.4, 0.5) is 0 Å². The van der Waals surface area contributed by atoms with Gasteiger partial charge in [0.05, 0.1) is 18.7 Å². The van der Waals surface area contributed by atoms with E-state index >= 15 is 0 Å². The minimum Gasteiger partial charge on any atom is -0.376 e. The molecule has 2 amide bonds. The fraction of sp³-hybridized carbons (Fsp3) is 0.586. The van der Waals surface area contributed by atoms with E-state index in [0.717, 1.165) is 36.8 Å². The Balaban J connectivity index is 1.56. The Morgan fingerprint density at radius 2 is 2.00 bits per heavy atom. The Bertz CT molecular complexity index is 1110. The number of benzene rings is 1. The molecular weight excluding hydrogens is 527 g/mol. The summed E-state index contributed by atoms with van der Waals surface area (Å²) in [6, 6.07) is 7.23. The van der Waals surface area contributed by atoms with Crippen LogP contribution in [0.3, 0.4) is 0 Å². The molecule has 0 radical (unpaired) electrons. The molecule has 2 aromatic rings. The molecule has 3 atom stereocenters. The molecular formula is C29H38Cl2N2O3S. The molecule has 0 spiro atoms. The number of rotatable bonds is 8. The first-order chi connectivity index (χ1) is 17.5. The van der Waals surface area contributed by atoms with E-state index in [2.05, 4.69) is 39.1 Å². The molecule has 0 aliphatic carbocycles. The SMILES string of the molecule is CC(CC(=O)N(CC(=O)N1CCc2sccc2C1c1ccc(Cl)cc1Cl)CC1CCCO1)CC(C)(C)C. The summed E-state index contributed by atoms with van der Waals surface area (Å²) in [7, 11) is 0. The first-order valence-corrected chi connectivity index (χ1v) is 14.9. The maximum atomic E-state index is 13.9. The van der Waals surface area contributed by atoms with Gasteiger partial charge < -0.3 is 14.5 Å². The quantitative estimate of drug-likeness (QED) is 0.346. The molecule has 1 aromatic heterocycles. The smallest absolute Gasteiger partial charge is 0.242 e. The number of amides is 2. The van der Waals surface area contributed by atoms with Gasteiger partial charge >= 0.3 is 0 Å². The summed E-state index contributed by atoms with van der Waals surface area (Å²) in [5.74, 6) is 0.191. The van der Waals surface area contributed by atoms with Crippen molar-refractivity contribution < 1.29 is 14.3 Å². The van der Waals surface area contributed by atoms with Crippen LogP contribution in [0.5, 0.6) is 0 Å². The van der Waals surface area contributed by atoms with E-state index in [1.54, 1.807) is 22.3 Å². The van der Waals surface area contributed by atoms with E-state index in [1.165, 1.54) is 4.88 Å². The molecule has 3 heterocycles. The van der Waals surface area contributed by atoms with Crippen LogP contribution in [0.25, 0.3) is 0 Å². The normalized spacial score (nSPS) is 20.5. The first-order valence-electron chi connectivity index (χ1n) is 13.2. The fourth-order valence-corrected chi connectivity index (χ4v) is 7.15. The number of thiophene rings is 1. The van der Waals surface area contributed by atoms with Crippen molar-refractivity contribution in [2.75, 3.05) is 26.2 Å². The van der Waals surface area contributed by atoms with Gasteiger partial charge in [-0.05, 0) is 71.7 Å². The average Bonchev–Trinajstić information content (AvgIpc) is 3.48. The van der Waals surface area contributed by atoms with Crippen LogP contribution < -0.4 is 0 Å². The van der Waals surface area contributed by atoms with Crippen LogP contribution in [0.15, 0.2) is 29.6 Å². The predicted molar refractivity (Wildman–Crippen MR) is 151 cm³/mol. The Labute approximate surface area is 235 Å². The van der Waals surface area contributed by atoms with Gasteiger partial charge in [-0.2, -0.15) is 0 Å². The van der Waals surface area contributed by atoms with Crippen molar-refractivity contribution in [3.8, 4) is 0 Å². The largest absolute Gasteiger partial charge is 0.376 e. The first kappa shape index (κ1) is 28.4. The second-order valence-electron chi connectivity index (χ2n) is 11.7. The molecule has 0 N–H and O–H groups in total. The maximum Gasteiger partial charge on any atom is 0.242 e. The Hall–Kier alpha value is -1.60. The molecule has 4 rings (SSSR count). The third-order valence-corrected chi connectivity index (χ3v) is 8.71. The van der Waals surface area contributed by atoms with Crippen molar-refractivity contribution >= 4 is 46.4 Å². The van der Waals surface area contributed by atoms with Crippen LogP contribution in [-0.4, -0.2) is 54.0 Å². The molecule has 2 aliphatic rings. The summed E-state index contributed by atoms with van der Waals surface area (Å²) in [4.78, 5) is 32.3. The van der Waals surface area contributed by atoms with Gasteiger partial charge in [-0.15, -0.1) is 11.3 Å². The van der Waals surface area contributed by atoms with E-state index in [-0.39, 0.29) is 41.8 Å². The third-order valence-electron chi connectivity index (χ3n) is 7.15. The highest BCUT2D eigenvalue weighted by Gasteiger charge is 2.36. The number of fused-ring (bicyclic) bond motifs is 1. The lowest BCUT2D eigenvalue weighted by Crippen LogP contribution is -2.48. The van der Waals surface area contributed by atoms with E-state index < -0.39 is 0 Å². The zero-order valence-corrected chi connectivity index (χ0v) is 24.6. The number of ether oxygens (including phenoxy) is 1. The van der Waals surface area contributed by atoms with Crippen LogP contribution in [0.1, 0.15) is 75.4 Å². The molecule has 37 heavy (non-hydrogen) atoms. The summed E-state index contributed by atoms with van der Waals surface area (Å²) < 4.78 is 5.85. The van der Waals surface area contributed by atoms with Crippen LogP contribution in [0, 0.1) is 11.3 Å². The predicted octanol–water partition coefficient (Wildman–Crippen LogP) is 7.00. The molecule has 8 heteroatoms. The van der Waals surface area contributed by atoms with Gasteiger partial charge in [0.1, 0.15) is 0 Å². The van der Waals surface area contributed by atoms with Crippen LogP contribution >= 0.6 is 34.5 Å². The average molecular weight is 566 g/mol. The number of halogens is 2. The number of carbonyl (C=O) groups is 2. The van der Waals surface area contributed by atoms with Gasteiger partial charge in [0.25, 0.3) is 0 Å². The van der Waals surface area contributed by atoms with Crippen molar-refractivity contribution in [3.63, 3.8) is 0 Å². The number of nitrogens with zero attached hydrogens (tertiary/aromatic N) is 2. The van der Waals surface area contributed by atoms with Crippen molar-refractivity contribution in [3.05, 3.63) is 55.7 Å². The highest BCUT2D eigenvalue weighted by molar-refractivity contribution is 7.10. The van der Waals surface area contributed by atoms with Crippen LogP contribution in [0.2, 0.25) is 10.0 Å². The molecule has 0 bridgehead atoms. The molecule has 1 saturated heterocycles. The zero-order valence-electron chi connectivity index (χ0n) is 22.3. The summed E-state index contributed by atoms with van der Waals surface area (Å²) in [6.07, 6.45) is 4.07. The molecule has 202 valence electrons. The summed E-state index contributed by atoms with van der Waals surface area (Å²) in [6.45, 7) is 10.5. The third kappa shape index (κ3) is 7.29. The zero-order chi connectivity index (χ0) is 26.7. The van der Waals surface area contributed by atoms with Gasteiger partial charge in [-0.1, -0.05) is 57.0 Å². The van der Waals surface area contributed by atoms with Crippen molar-refractivity contribution in [1.29, 1.82) is 0 Å². The molecule has 3 unspecified atom stereocenters. The standard InChI is InChI=1S/C29H38Cl2N2O3S/c1-19(16-29(2,3)4)14-26(34)32(17-21-6-5-12-36-21)18-27(35)33-11-9-25-23(10-13-37-25)28(33)22-8-7-20(30)15-24(22)31/h7-8,10,13,15,19,21,28H,5-6,9,11-12,14,16-18H2,1-4H3. The van der Waals surface area contributed by atoms with Gasteiger partial charge in [0.15, 0.2) is 0 Å². The van der Waals surface area contributed by atoms with Gasteiger partial charge in [0.2, 0.25) is 11.8 Å². The van der Waals surface area contributed by atoms with E-state index in [4.69, 9.17) is 27.9 Å². The number of hydrogen-bond donors (Lipinski definition) is 0. The van der Waals surface area contributed by atoms with Crippen molar-refractivity contribution in [1.82, 2.24) is 9.80 Å². The summed E-state index contributed by atoms with van der Waals surface area (Å²) in [5, 5.41) is 3.17. The lowest BCUT2D eigenvalue weighted by atomic mass is 9.84. The molecule has 1 aromatic carbocycles. The number of hydrogen-bond acceptors (Lipinski definition) is 4. The maximum absolute atomic E-state index is 13.9. The Kier molecular flexibility index (Phi) is 9.26. The Morgan fingerprint density at radius 1 is 1.22 bits per heavy atom. The van der Waals surface area contributed by atoms with Gasteiger partial charge in [-0.3, -0.25) is 9.59 Å². The summed E-state index contributed by atoms with van der Waals surface area (Å²) in [5.41, 5.74) is 2.10. The Morgan fingerprint density at radius 3 is 2.68 bits per heavy atom. The molecule has 5 nitrogen and oxygen atoms in total. The van der Waals surface area contributed by atoms with Crippen molar-refractivity contribution in [2.45, 2.75) is 71.9 Å². The van der Waals surface area contributed by atoms with Crippen LogP contribution in [-0.2, 0) is 20.7 Å². The van der Waals surface area contributed by atoms with E-state index in [9.17, 15) is 9.59 Å². The highest BCUT2D eigenvalue weighted by Crippen LogP contribution is 2.41. The highest BCUT2D eigenvalue weighted by atomic mass is 35.5. The van der Waals surface area contributed by atoms with Gasteiger partial charge in [-0.25, -0.2) is 0 Å². The molecule has 2 aliphatic heterocycles. The molecule has 0 saturated carbocycles. The minimum atomic E-state index is -0.299. The van der Waals surface area contributed by atoms with E-state index in [0.29, 0.717) is 36.2 Å². The summed E-state index contributed by atoms with van der Waals surface area (Å²) >= 11 is 14.5. The lowest BCUT2D eigenvalue weighted by Gasteiger charge is -2.38. The minimum absolute atomic E-state index is 0.0130. The van der Waals surface area contributed by atoms with E-state index in [1.807, 2.05) is 17.0 Å². The second-order valence-corrected chi connectivity index (χ2v) is 13.5. The topological polar surface area (TPSA) is 49.9 Å². The van der Waals surface area contributed by atoms with Crippen molar-refractivity contribution in [2.24, 2.45) is 11.3 Å². The molecule has 1 fully saturated rings. The van der Waals surface area contributed by atoms with Gasteiger partial charge in [0, 0.05) is 41.0 Å². The second kappa shape index (κ2) is 12.1. The lowest BCUT2D eigenvalue weighted by molar-refractivity contribution is -0.143. The monoisotopic (exact) mass is 564 g/mol. The fourth-order valence-electron chi connectivity index (χ4n) is 5.73. The number of carbonyl (C=O) groups excluding carboxylic acids is 2.